The van der Waals surface area contributed by atoms with Crippen molar-refractivity contribution in [3.8, 4) is 5.75 Å². The van der Waals surface area contributed by atoms with E-state index in [1.807, 2.05) is 44.2 Å². The Hall–Kier alpha value is -3.08. The van der Waals surface area contributed by atoms with E-state index in [0.717, 1.165) is 48.8 Å². The van der Waals surface area contributed by atoms with Gasteiger partial charge in [-0.1, -0.05) is 60.7 Å². The molecule has 1 aliphatic heterocycles. The molecule has 1 unspecified atom stereocenters. The summed E-state index contributed by atoms with van der Waals surface area (Å²) in [5.74, 6) is -0.858. The van der Waals surface area contributed by atoms with Gasteiger partial charge in [0.1, 0.15) is 11.5 Å². The summed E-state index contributed by atoms with van der Waals surface area (Å²) >= 11 is 0. The van der Waals surface area contributed by atoms with Gasteiger partial charge in [0, 0.05) is 6.04 Å². The van der Waals surface area contributed by atoms with Crippen molar-refractivity contribution in [2.45, 2.75) is 58.0 Å². The highest BCUT2D eigenvalue weighted by molar-refractivity contribution is 6.46. The predicted octanol–water partition coefficient (Wildman–Crippen LogP) is 5.07. The van der Waals surface area contributed by atoms with Crippen LogP contribution < -0.4 is 4.74 Å². The van der Waals surface area contributed by atoms with Crippen LogP contribution in [0.5, 0.6) is 5.75 Å². The van der Waals surface area contributed by atoms with Crippen molar-refractivity contribution in [1.82, 2.24) is 4.90 Å². The number of ether oxygens (including phenoxy) is 1. The Kier molecular flexibility index (Phi) is 5.86. The lowest BCUT2D eigenvalue weighted by atomic mass is 9.90. The van der Waals surface area contributed by atoms with Crippen LogP contribution in [0.15, 0.2) is 48.0 Å². The fourth-order valence-corrected chi connectivity index (χ4v) is 4.91. The minimum atomic E-state index is -0.627. The summed E-state index contributed by atoms with van der Waals surface area (Å²) in [6.45, 7) is 3.90. The Morgan fingerprint density at radius 2 is 1.71 bits per heavy atom. The standard InChI is InChI=1S/C26H29NO4/c1-16-8-7-9-18(14-16)23-22(24(28)20-15-17(2)12-13-21(20)31-3)25(29)26(30)27(23)19-10-5-4-6-11-19/h7-9,12-15,19,23,28H,4-6,10-11H2,1-3H3/b24-22+. The van der Waals surface area contributed by atoms with Crippen LogP contribution in [0.4, 0.5) is 0 Å². The van der Waals surface area contributed by atoms with Crippen molar-refractivity contribution < 1.29 is 19.4 Å². The molecule has 2 fully saturated rings. The fourth-order valence-electron chi connectivity index (χ4n) is 4.91. The number of benzene rings is 2. The number of hydrogen-bond donors (Lipinski definition) is 1. The molecule has 2 aliphatic rings. The van der Waals surface area contributed by atoms with E-state index >= 15 is 0 Å². The molecule has 2 aromatic rings. The Morgan fingerprint density at radius 1 is 1.00 bits per heavy atom. The number of methoxy groups -OCH3 is 1. The van der Waals surface area contributed by atoms with E-state index in [9.17, 15) is 14.7 Å². The molecule has 1 heterocycles. The van der Waals surface area contributed by atoms with E-state index in [1.165, 1.54) is 7.11 Å². The maximum atomic E-state index is 13.3. The first-order chi connectivity index (χ1) is 14.9. The first-order valence-corrected chi connectivity index (χ1v) is 10.9. The number of ketones is 1. The van der Waals surface area contributed by atoms with Gasteiger partial charge < -0.3 is 14.7 Å². The molecule has 1 amide bonds. The van der Waals surface area contributed by atoms with Crippen molar-refractivity contribution in [1.29, 1.82) is 0 Å². The van der Waals surface area contributed by atoms with Crippen molar-refractivity contribution in [3.05, 3.63) is 70.3 Å². The molecule has 2 aromatic carbocycles. The van der Waals surface area contributed by atoms with Crippen LogP contribution >= 0.6 is 0 Å². The quantitative estimate of drug-likeness (QED) is 0.427. The number of carbonyl (C=O) groups is 2. The Balaban J connectivity index is 1.92. The normalized spacial score (nSPS) is 21.5. The SMILES string of the molecule is COc1ccc(C)cc1/C(O)=C1\C(=O)C(=O)N(C2CCCCC2)C1c1cccc(C)c1. The molecule has 162 valence electrons. The Bertz CT molecular complexity index is 1050. The van der Waals surface area contributed by atoms with Crippen LogP contribution in [-0.4, -0.2) is 34.8 Å². The number of aliphatic hydroxyl groups is 1. The number of likely N-dealkylation sites (tertiary alicyclic amines) is 1. The van der Waals surface area contributed by atoms with Gasteiger partial charge in [-0.3, -0.25) is 9.59 Å². The molecule has 0 aromatic heterocycles. The number of Topliss-reactive ketones (excluding diaryl/α,β-unsaturated/α-hetero) is 1. The van der Waals surface area contributed by atoms with E-state index in [1.54, 1.807) is 17.0 Å². The molecular formula is C26H29NO4. The molecule has 31 heavy (non-hydrogen) atoms. The molecule has 0 spiro atoms. The molecule has 5 heteroatoms. The molecular weight excluding hydrogens is 390 g/mol. The number of nitrogens with zero attached hydrogens (tertiary/aromatic N) is 1. The predicted molar refractivity (Wildman–Crippen MR) is 120 cm³/mol. The molecule has 1 N–H and O–H groups in total. The van der Waals surface area contributed by atoms with Gasteiger partial charge in [0.25, 0.3) is 11.7 Å². The highest BCUT2D eigenvalue weighted by atomic mass is 16.5. The van der Waals surface area contributed by atoms with Crippen molar-refractivity contribution in [2.24, 2.45) is 0 Å². The Morgan fingerprint density at radius 3 is 2.39 bits per heavy atom. The molecule has 5 nitrogen and oxygen atoms in total. The molecule has 1 aliphatic carbocycles. The van der Waals surface area contributed by atoms with Crippen molar-refractivity contribution in [3.63, 3.8) is 0 Å². The van der Waals surface area contributed by atoms with E-state index < -0.39 is 17.7 Å². The van der Waals surface area contributed by atoms with Crippen LogP contribution in [0.3, 0.4) is 0 Å². The third-order valence-electron chi connectivity index (χ3n) is 6.42. The summed E-state index contributed by atoms with van der Waals surface area (Å²) < 4.78 is 5.44. The largest absolute Gasteiger partial charge is 0.507 e. The first-order valence-electron chi connectivity index (χ1n) is 10.9. The molecule has 4 rings (SSSR count). The lowest BCUT2D eigenvalue weighted by Crippen LogP contribution is -2.40. The minimum absolute atomic E-state index is 0.000386. The van der Waals surface area contributed by atoms with Gasteiger partial charge in [-0.15, -0.1) is 0 Å². The van der Waals surface area contributed by atoms with Crippen LogP contribution in [-0.2, 0) is 9.59 Å². The van der Waals surface area contributed by atoms with E-state index in [2.05, 4.69) is 0 Å². The fraction of sp³-hybridized carbons (Fsp3) is 0.385. The van der Waals surface area contributed by atoms with Crippen LogP contribution in [0.2, 0.25) is 0 Å². The van der Waals surface area contributed by atoms with Gasteiger partial charge in [0.2, 0.25) is 0 Å². The molecule has 1 atom stereocenters. The molecule has 1 saturated heterocycles. The van der Waals surface area contributed by atoms with Crippen molar-refractivity contribution in [2.75, 3.05) is 7.11 Å². The monoisotopic (exact) mass is 419 g/mol. The summed E-state index contributed by atoms with van der Waals surface area (Å²) in [6.07, 6.45) is 4.99. The molecule has 1 saturated carbocycles. The number of rotatable bonds is 4. The van der Waals surface area contributed by atoms with Crippen LogP contribution in [0, 0.1) is 13.8 Å². The van der Waals surface area contributed by atoms with Gasteiger partial charge in [-0.05, 0) is 44.4 Å². The van der Waals surface area contributed by atoms with Gasteiger partial charge in [-0.2, -0.15) is 0 Å². The van der Waals surface area contributed by atoms with Gasteiger partial charge in [0.15, 0.2) is 0 Å². The van der Waals surface area contributed by atoms with Gasteiger partial charge in [-0.25, -0.2) is 0 Å². The maximum Gasteiger partial charge on any atom is 0.295 e. The van der Waals surface area contributed by atoms with E-state index in [4.69, 9.17) is 4.74 Å². The van der Waals surface area contributed by atoms with Crippen LogP contribution in [0.1, 0.15) is 60.4 Å². The minimum Gasteiger partial charge on any atom is -0.507 e. The summed E-state index contributed by atoms with van der Waals surface area (Å²) in [6, 6.07) is 12.7. The number of aryl methyl sites for hydroxylation is 2. The number of carbonyl (C=O) groups excluding carboxylic acids is 2. The lowest BCUT2D eigenvalue weighted by molar-refractivity contribution is -0.141. The lowest BCUT2D eigenvalue weighted by Gasteiger charge is -2.35. The average molecular weight is 420 g/mol. The smallest absolute Gasteiger partial charge is 0.295 e. The zero-order valence-electron chi connectivity index (χ0n) is 18.4. The summed E-state index contributed by atoms with van der Waals surface area (Å²) in [5, 5.41) is 11.4. The highest BCUT2D eigenvalue weighted by Gasteiger charge is 2.49. The van der Waals surface area contributed by atoms with E-state index in [-0.39, 0.29) is 17.4 Å². The molecule has 0 radical (unpaired) electrons. The summed E-state index contributed by atoms with van der Waals surface area (Å²) in [7, 11) is 1.53. The zero-order valence-corrected chi connectivity index (χ0v) is 18.4. The Labute approximate surface area is 183 Å². The van der Waals surface area contributed by atoms with Gasteiger partial charge in [0.05, 0.1) is 24.3 Å². The third kappa shape index (κ3) is 3.85. The van der Waals surface area contributed by atoms with Gasteiger partial charge >= 0.3 is 0 Å². The number of hydrogen-bond acceptors (Lipinski definition) is 4. The highest BCUT2D eigenvalue weighted by Crippen LogP contribution is 2.44. The van der Waals surface area contributed by atoms with Crippen LogP contribution in [0.25, 0.3) is 5.76 Å². The molecule has 0 bridgehead atoms. The topological polar surface area (TPSA) is 66.8 Å². The summed E-state index contributed by atoms with van der Waals surface area (Å²) in [5.41, 5.74) is 3.39. The number of aliphatic hydroxyl groups excluding tert-OH is 1. The first kappa shape index (κ1) is 21.2. The number of amides is 1. The second-order valence-corrected chi connectivity index (χ2v) is 8.62. The second-order valence-electron chi connectivity index (χ2n) is 8.62. The van der Waals surface area contributed by atoms with E-state index in [0.29, 0.717) is 11.3 Å². The van der Waals surface area contributed by atoms with Crippen molar-refractivity contribution >= 4 is 17.4 Å². The third-order valence-corrected chi connectivity index (χ3v) is 6.42. The summed E-state index contributed by atoms with van der Waals surface area (Å²) in [4.78, 5) is 28.2. The maximum absolute atomic E-state index is 13.3. The second kappa shape index (κ2) is 8.58. The average Bonchev–Trinajstić information content (AvgIpc) is 3.04. The zero-order chi connectivity index (χ0) is 22.1.